The lowest BCUT2D eigenvalue weighted by Gasteiger charge is -2.30. The number of benzene rings is 1. The van der Waals surface area contributed by atoms with Gasteiger partial charge in [0.25, 0.3) is 0 Å². The molecular weight excluding hydrogens is 298 g/mol. The average molecular weight is 314 g/mol. The largest absolute Gasteiger partial charge is 0.481 e. The molecule has 22 heavy (non-hydrogen) atoms. The molecule has 0 spiro atoms. The minimum absolute atomic E-state index is 0.00951. The summed E-state index contributed by atoms with van der Waals surface area (Å²) in [7, 11) is 0. The van der Waals surface area contributed by atoms with E-state index in [0.717, 1.165) is 0 Å². The van der Waals surface area contributed by atoms with Crippen LogP contribution in [0.4, 0.5) is 19.3 Å². The Labute approximate surface area is 125 Å². The third kappa shape index (κ3) is 4.31. The molecule has 1 heterocycles. The Morgan fingerprint density at radius 3 is 2.32 bits per heavy atom. The summed E-state index contributed by atoms with van der Waals surface area (Å²) in [6, 6.07) is 5.24. The number of ether oxygens (including phenoxy) is 1. The molecule has 1 aromatic carbocycles. The van der Waals surface area contributed by atoms with E-state index in [2.05, 4.69) is 10.1 Å². The van der Waals surface area contributed by atoms with E-state index < -0.39 is 18.5 Å². The number of carboxylic acid groups (broad SMARTS) is 1. The predicted octanol–water partition coefficient (Wildman–Crippen LogP) is 2.62. The normalized spacial score (nSPS) is 15.7. The van der Waals surface area contributed by atoms with Crippen molar-refractivity contribution in [1.82, 2.24) is 4.90 Å². The van der Waals surface area contributed by atoms with Gasteiger partial charge in [-0.25, -0.2) is 4.79 Å². The number of likely N-dealkylation sites (tertiary alicyclic amines) is 1. The van der Waals surface area contributed by atoms with Crippen LogP contribution in [0.5, 0.6) is 5.75 Å². The fourth-order valence-electron chi connectivity index (χ4n) is 2.25. The topological polar surface area (TPSA) is 78.9 Å². The summed E-state index contributed by atoms with van der Waals surface area (Å²) in [6.45, 7) is -2.15. The number of hydrogen-bond acceptors (Lipinski definition) is 3. The Morgan fingerprint density at radius 2 is 1.82 bits per heavy atom. The summed E-state index contributed by atoms with van der Waals surface area (Å²) in [6.07, 6.45) is 0.841. The van der Waals surface area contributed by atoms with Crippen molar-refractivity contribution in [1.29, 1.82) is 0 Å². The van der Waals surface area contributed by atoms with E-state index in [1.807, 2.05) is 0 Å². The van der Waals surface area contributed by atoms with Gasteiger partial charge in [-0.1, -0.05) is 0 Å². The van der Waals surface area contributed by atoms with Gasteiger partial charge >= 0.3 is 18.6 Å². The number of anilines is 1. The third-order valence-corrected chi connectivity index (χ3v) is 3.46. The molecular formula is C14H16F2N2O4. The Hall–Kier alpha value is -2.38. The van der Waals surface area contributed by atoms with Crippen molar-refractivity contribution in [3.05, 3.63) is 24.3 Å². The van der Waals surface area contributed by atoms with Crippen LogP contribution in [0.1, 0.15) is 12.8 Å². The zero-order chi connectivity index (χ0) is 16.1. The Bertz CT molecular complexity index is 528. The number of piperidine rings is 1. The molecule has 1 aliphatic rings. The van der Waals surface area contributed by atoms with Gasteiger partial charge in [-0.3, -0.25) is 4.79 Å². The molecule has 2 rings (SSSR count). The summed E-state index contributed by atoms with van der Waals surface area (Å²) < 4.78 is 28.3. The Morgan fingerprint density at radius 1 is 1.23 bits per heavy atom. The molecule has 1 fully saturated rings. The number of alkyl halides is 2. The number of carboxylic acids is 1. The Balaban J connectivity index is 1.86. The summed E-state index contributed by atoms with van der Waals surface area (Å²) in [4.78, 5) is 24.4. The van der Waals surface area contributed by atoms with Gasteiger partial charge in [0.05, 0.1) is 5.92 Å². The highest BCUT2D eigenvalue weighted by molar-refractivity contribution is 5.89. The first-order valence-corrected chi connectivity index (χ1v) is 6.79. The van der Waals surface area contributed by atoms with Gasteiger partial charge in [-0.15, -0.1) is 0 Å². The number of nitrogens with one attached hydrogen (secondary N) is 1. The van der Waals surface area contributed by atoms with E-state index in [1.54, 1.807) is 0 Å². The molecule has 6 nitrogen and oxygen atoms in total. The number of rotatable bonds is 4. The van der Waals surface area contributed by atoms with Gasteiger partial charge in [0.2, 0.25) is 0 Å². The minimum Gasteiger partial charge on any atom is -0.481 e. The number of amides is 2. The van der Waals surface area contributed by atoms with Crippen molar-refractivity contribution in [3.63, 3.8) is 0 Å². The summed E-state index contributed by atoms with van der Waals surface area (Å²) in [5, 5.41) is 11.5. The highest BCUT2D eigenvalue weighted by atomic mass is 19.3. The average Bonchev–Trinajstić information content (AvgIpc) is 2.49. The third-order valence-electron chi connectivity index (χ3n) is 3.46. The van der Waals surface area contributed by atoms with Crippen LogP contribution in [0.3, 0.4) is 0 Å². The predicted molar refractivity (Wildman–Crippen MR) is 74.0 cm³/mol. The van der Waals surface area contributed by atoms with Crippen molar-refractivity contribution >= 4 is 17.7 Å². The van der Waals surface area contributed by atoms with E-state index in [1.165, 1.54) is 29.2 Å². The van der Waals surface area contributed by atoms with E-state index in [4.69, 9.17) is 5.11 Å². The lowest BCUT2D eigenvalue weighted by molar-refractivity contribution is -0.143. The molecule has 0 radical (unpaired) electrons. The van der Waals surface area contributed by atoms with Gasteiger partial charge in [0.15, 0.2) is 0 Å². The van der Waals surface area contributed by atoms with Crippen LogP contribution in [-0.2, 0) is 4.79 Å². The molecule has 1 aliphatic heterocycles. The van der Waals surface area contributed by atoms with Crippen molar-refractivity contribution in [2.75, 3.05) is 18.4 Å². The second-order valence-corrected chi connectivity index (χ2v) is 4.93. The SMILES string of the molecule is O=C(O)C1CCN(C(=O)Nc2ccc(OC(F)F)cc2)CC1. The molecule has 0 aliphatic carbocycles. The number of nitrogens with zero attached hydrogens (tertiary/aromatic N) is 1. The van der Waals surface area contributed by atoms with Gasteiger partial charge in [0.1, 0.15) is 5.75 Å². The summed E-state index contributed by atoms with van der Waals surface area (Å²) in [5.74, 6) is -1.24. The van der Waals surface area contributed by atoms with Crippen LogP contribution in [0.2, 0.25) is 0 Å². The fourth-order valence-corrected chi connectivity index (χ4v) is 2.25. The first-order valence-electron chi connectivity index (χ1n) is 6.79. The quantitative estimate of drug-likeness (QED) is 0.895. The zero-order valence-corrected chi connectivity index (χ0v) is 11.7. The number of aliphatic carboxylic acids is 1. The molecule has 120 valence electrons. The second kappa shape index (κ2) is 7.06. The molecule has 0 unspecified atom stereocenters. The van der Waals surface area contributed by atoms with Gasteiger partial charge < -0.3 is 20.1 Å². The molecule has 0 aromatic heterocycles. The minimum atomic E-state index is -2.89. The van der Waals surface area contributed by atoms with Crippen molar-refractivity contribution in [2.45, 2.75) is 19.5 Å². The molecule has 8 heteroatoms. The standard InChI is InChI=1S/C14H16F2N2O4/c15-13(16)22-11-3-1-10(2-4-11)17-14(21)18-7-5-9(6-8-18)12(19)20/h1-4,9,13H,5-8H2,(H,17,21)(H,19,20). The molecule has 1 saturated heterocycles. The van der Waals surface area contributed by atoms with E-state index in [9.17, 15) is 18.4 Å². The lowest BCUT2D eigenvalue weighted by atomic mass is 9.97. The number of urea groups is 1. The number of carbonyl (C=O) groups excluding carboxylic acids is 1. The van der Waals surface area contributed by atoms with Gasteiger partial charge in [-0.2, -0.15) is 8.78 Å². The van der Waals surface area contributed by atoms with Crippen molar-refractivity contribution in [3.8, 4) is 5.75 Å². The van der Waals surface area contributed by atoms with E-state index in [0.29, 0.717) is 31.6 Å². The molecule has 0 bridgehead atoms. The van der Waals surface area contributed by atoms with Gasteiger partial charge in [0, 0.05) is 18.8 Å². The maximum Gasteiger partial charge on any atom is 0.387 e. The molecule has 2 amide bonds. The first kappa shape index (κ1) is 16.0. The van der Waals surface area contributed by atoms with Crippen LogP contribution >= 0.6 is 0 Å². The Kier molecular flexibility index (Phi) is 5.13. The lowest BCUT2D eigenvalue weighted by Crippen LogP contribution is -2.42. The molecule has 1 aromatic rings. The van der Waals surface area contributed by atoms with Crippen molar-refractivity contribution in [2.24, 2.45) is 5.92 Å². The van der Waals surface area contributed by atoms with Crippen LogP contribution < -0.4 is 10.1 Å². The number of hydrogen-bond donors (Lipinski definition) is 2. The molecule has 0 saturated carbocycles. The van der Waals surface area contributed by atoms with Crippen LogP contribution in [0, 0.1) is 5.92 Å². The maximum absolute atomic E-state index is 12.0. The number of carbonyl (C=O) groups is 2. The summed E-state index contributed by atoms with van der Waals surface area (Å²) >= 11 is 0. The fraction of sp³-hybridized carbons (Fsp3) is 0.429. The first-order chi connectivity index (χ1) is 10.5. The highest BCUT2D eigenvalue weighted by Gasteiger charge is 2.26. The van der Waals surface area contributed by atoms with Crippen molar-refractivity contribution < 1.29 is 28.2 Å². The van der Waals surface area contributed by atoms with E-state index >= 15 is 0 Å². The smallest absolute Gasteiger partial charge is 0.387 e. The van der Waals surface area contributed by atoms with Crippen LogP contribution in [0.15, 0.2) is 24.3 Å². The zero-order valence-electron chi connectivity index (χ0n) is 11.7. The second-order valence-electron chi connectivity index (χ2n) is 4.93. The highest BCUT2D eigenvalue weighted by Crippen LogP contribution is 2.20. The van der Waals surface area contributed by atoms with Crippen LogP contribution in [-0.4, -0.2) is 41.7 Å². The van der Waals surface area contributed by atoms with Crippen LogP contribution in [0.25, 0.3) is 0 Å². The summed E-state index contributed by atoms with van der Waals surface area (Å²) in [5.41, 5.74) is 0.451. The number of halogens is 2. The molecule has 2 N–H and O–H groups in total. The van der Waals surface area contributed by atoms with Gasteiger partial charge in [-0.05, 0) is 37.1 Å². The molecule has 0 atom stereocenters. The maximum atomic E-state index is 12.0. The monoisotopic (exact) mass is 314 g/mol. The van der Waals surface area contributed by atoms with E-state index in [-0.39, 0.29) is 11.8 Å².